The van der Waals surface area contributed by atoms with Gasteiger partial charge in [-0.2, -0.15) is 0 Å². The Morgan fingerprint density at radius 2 is 1.73 bits per heavy atom. The fourth-order valence-electron chi connectivity index (χ4n) is 4.33. The Labute approximate surface area is 178 Å². The number of carbonyl (C=O) groups excluding carboxylic acids is 3. The second kappa shape index (κ2) is 7.65. The Morgan fingerprint density at radius 3 is 2.47 bits per heavy atom. The summed E-state index contributed by atoms with van der Waals surface area (Å²) in [5.41, 5.74) is 1.87. The summed E-state index contributed by atoms with van der Waals surface area (Å²) >= 11 is 1.65. The number of nitrogens with zero attached hydrogens (tertiary/aromatic N) is 3. The highest BCUT2D eigenvalue weighted by Gasteiger charge is 2.35. The van der Waals surface area contributed by atoms with E-state index in [4.69, 9.17) is 4.98 Å². The maximum Gasteiger partial charge on any atom is 0.261 e. The number of hydrogen-bond donors (Lipinski definition) is 0. The average molecular weight is 420 g/mol. The van der Waals surface area contributed by atoms with Gasteiger partial charge < -0.3 is 4.90 Å². The van der Waals surface area contributed by atoms with E-state index >= 15 is 0 Å². The van der Waals surface area contributed by atoms with Crippen molar-refractivity contribution in [3.8, 4) is 0 Å². The molecule has 1 atom stereocenters. The van der Waals surface area contributed by atoms with E-state index < -0.39 is 0 Å². The number of imide groups is 1. The van der Waals surface area contributed by atoms with Crippen molar-refractivity contribution >= 4 is 39.3 Å². The van der Waals surface area contributed by atoms with Gasteiger partial charge in [-0.15, -0.1) is 11.3 Å². The molecule has 1 saturated heterocycles. The van der Waals surface area contributed by atoms with Crippen molar-refractivity contribution < 1.29 is 14.4 Å². The third-order valence-corrected chi connectivity index (χ3v) is 6.96. The molecule has 3 amide bonds. The minimum Gasteiger partial charge on any atom is -0.333 e. The van der Waals surface area contributed by atoms with Crippen molar-refractivity contribution in [1.29, 1.82) is 0 Å². The standard InChI is InChI=1S/C23H21N3O3S/c27-20(12-6-14-26-22(28)15-7-1-2-8-16(15)23(26)29)25-13-5-10-18(25)21-24-17-9-3-4-11-19(17)30-21/h1-4,7-9,11,18H,5-6,10,12-14H2/t18-/m1/s1. The molecule has 0 radical (unpaired) electrons. The molecule has 2 aliphatic heterocycles. The molecule has 5 rings (SSSR count). The lowest BCUT2D eigenvalue weighted by molar-refractivity contribution is -0.132. The van der Waals surface area contributed by atoms with E-state index in [1.54, 1.807) is 35.6 Å². The van der Waals surface area contributed by atoms with E-state index in [1.165, 1.54) is 4.90 Å². The molecule has 30 heavy (non-hydrogen) atoms. The monoisotopic (exact) mass is 419 g/mol. The maximum atomic E-state index is 12.9. The van der Waals surface area contributed by atoms with Crippen molar-refractivity contribution in [3.63, 3.8) is 0 Å². The third-order valence-electron chi connectivity index (χ3n) is 5.82. The van der Waals surface area contributed by atoms with Gasteiger partial charge in [0, 0.05) is 19.5 Å². The largest absolute Gasteiger partial charge is 0.333 e. The lowest BCUT2D eigenvalue weighted by atomic mass is 10.1. The molecule has 3 aromatic rings. The van der Waals surface area contributed by atoms with Crippen LogP contribution in [0.3, 0.4) is 0 Å². The SMILES string of the molecule is O=C1c2ccccc2C(=O)N1CCCC(=O)N1CCC[C@@H]1c1nc2ccccc2s1. The van der Waals surface area contributed by atoms with E-state index in [0.29, 0.717) is 24.0 Å². The number of benzene rings is 2. The number of aromatic nitrogens is 1. The van der Waals surface area contributed by atoms with Crippen LogP contribution in [-0.4, -0.2) is 45.6 Å². The quantitative estimate of drug-likeness (QED) is 0.586. The van der Waals surface area contributed by atoms with Gasteiger partial charge in [0.15, 0.2) is 0 Å². The lowest BCUT2D eigenvalue weighted by Gasteiger charge is -2.23. The Kier molecular flexibility index (Phi) is 4.83. The Morgan fingerprint density at radius 1 is 1.03 bits per heavy atom. The highest BCUT2D eigenvalue weighted by molar-refractivity contribution is 7.18. The van der Waals surface area contributed by atoms with Crippen LogP contribution in [0.15, 0.2) is 48.5 Å². The molecular formula is C23H21N3O3S. The second-order valence-corrected chi connectivity index (χ2v) is 8.74. The number of carbonyl (C=O) groups is 3. The Bertz CT molecular complexity index is 1090. The summed E-state index contributed by atoms with van der Waals surface area (Å²) in [4.78, 5) is 45.8. The summed E-state index contributed by atoms with van der Waals surface area (Å²) in [5, 5.41) is 0.988. The zero-order valence-electron chi connectivity index (χ0n) is 16.4. The fraction of sp³-hybridized carbons (Fsp3) is 0.304. The summed E-state index contributed by atoms with van der Waals surface area (Å²) in [6.07, 6.45) is 2.66. The van der Waals surface area contributed by atoms with Crippen LogP contribution < -0.4 is 0 Å². The summed E-state index contributed by atoms with van der Waals surface area (Å²) in [6, 6.07) is 14.9. The van der Waals surface area contributed by atoms with Crippen molar-refractivity contribution in [1.82, 2.24) is 14.8 Å². The summed E-state index contributed by atoms with van der Waals surface area (Å²) in [5.74, 6) is -0.471. The summed E-state index contributed by atoms with van der Waals surface area (Å²) < 4.78 is 1.14. The molecule has 0 spiro atoms. The second-order valence-electron chi connectivity index (χ2n) is 7.68. The van der Waals surface area contributed by atoms with Crippen LogP contribution in [0.5, 0.6) is 0 Å². The number of para-hydroxylation sites is 1. The molecule has 6 nitrogen and oxygen atoms in total. The number of amides is 3. The fourth-order valence-corrected chi connectivity index (χ4v) is 5.44. The summed E-state index contributed by atoms with van der Waals surface area (Å²) in [6.45, 7) is 0.990. The van der Waals surface area contributed by atoms with Gasteiger partial charge in [-0.25, -0.2) is 4.98 Å². The minimum atomic E-state index is -0.267. The first-order valence-electron chi connectivity index (χ1n) is 10.2. The van der Waals surface area contributed by atoms with Gasteiger partial charge in [0.25, 0.3) is 11.8 Å². The number of thiazole rings is 1. The van der Waals surface area contributed by atoms with E-state index in [-0.39, 0.29) is 30.3 Å². The number of likely N-dealkylation sites (tertiary alicyclic amines) is 1. The normalized spacial score (nSPS) is 18.5. The van der Waals surface area contributed by atoms with Gasteiger partial charge in [0.1, 0.15) is 5.01 Å². The van der Waals surface area contributed by atoms with Gasteiger partial charge in [-0.1, -0.05) is 24.3 Å². The smallest absolute Gasteiger partial charge is 0.261 e. The molecule has 1 fully saturated rings. The summed E-state index contributed by atoms with van der Waals surface area (Å²) in [7, 11) is 0. The maximum absolute atomic E-state index is 12.9. The minimum absolute atomic E-state index is 0.0224. The first-order valence-corrected chi connectivity index (χ1v) is 11.1. The highest BCUT2D eigenvalue weighted by atomic mass is 32.1. The van der Waals surface area contributed by atoms with Crippen LogP contribution in [0, 0.1) is 0 Å². The lowest BCUT2D eigenvalue weighted by Crippen LogP contribution is -2.33. The van der Waals surface area contributed by atoms with E-state index in [2.05, 4.69) is 6.07 Å². The van der Waals surface area contributed by atoms with Gasteiger partial charge >= 0.3 is 0 Å². The van der Waals surface area contributed by atoms with Gasteiger partial charge in [-0.3, -0.25) is 19.3 Å². The highest BCUT2D eigenvalue weighted by Crippen LogP contribution is 2.36. The average Bonchev–Trinajstić information content (AvgIpc) is 3.47. The topological polar surface area (TPSA) is 70.6 Å². The molecule has 0 aliphatic carbocycles. The van der Waals surface area contributed by atoms with Crippen molar-refractivity contribution in [2.24, 2.45) is 0 Å². The van der Waals surface area contributed by atoms with Crippen LogP contribution in [0.25, 0.3) is 10.2 Å². The zero-order valence-corrected chi connectivity index (χ0v) is 17.2. The van der Waals surface area contributed by atoms with Crippen molar-refractivity contribution in [2.45, 2.75) is 31.7 Å². The van der Waals surface area contributed by atoms with Crippen LogP contribution in [-0.2, 0) is 4.79 Å². The number of fused-ring (bicyclic) bond motifs is 2. The van der Waals surface area contributed by atoms with Gasteiger partial charge in [-0.05, 0) is 43.5 Å². The van der Waals surface area contributed by atoms with Gasteiger partial charge in [0.2, 0.25) is 5.91 Å². The molecule has 152 valence electrons. The predicted octanol–water partition coefficient (Wildman–Crippen LogP) is 4.04. The van der Waals surface area contributed by atoms with E-state index in [9.17, 15) is 14.4 Å². The van der Waals surface area contributed by atoms with Crippen molar-refractivity contribution in [3.05, 3.63) is 64.7 Å². The van der Waals surface area contributed by atoms with Gasteiger partial charge in [0.05, 0.1) is 27.4 Å². The van der Waals surface area contributed by atoms with Crippen LogP contribution in [0.1, 0.15) is 57.4 Å². The molecule has 0 saturated carbocycles. The van der Waals surface area contributed by atoms with E-state index in [0.717, 1.165) is 34.6 Å². The zero-order chi connectivity index (χ0) is 20.7. The molecule has 0 unspecified atom stereocenters. The first-order chi connectivity index (χ1) is 14.6. The third kappa shape index (κ3) is 3.19. The predicted molar refractivity (Wildman–Crippen MR) is 114 cm³/mol. The van der Waals surface area contributed by atoms with Crippen LogP contribution in [0.4, 0.5) is 0 Å². The first kappa shape index (κ1) is 18.9. The molecule has 0 bridgehead atoms. The van der Waals surface area contributed by atoms with Crippen LogP contribution >= 0.6 is 11.3 Å². The molecular weight excluding hydrogens is 398 g/mol. The molecule has 0 N–H and O–H groups in total. The Hall–Kier alpha value is -3.06. The molecule has 7 heteroatoms. The Balaban J connectivity index is 1.22. The van der Waals surface area contributed by atoms with Crippen LogP contribution in [0.2, 0.25) is 0 Å². The number of rotatable bonds is 5. The molecule has 2 aromatic carbocycles. The van der Waals surface area contributed by atoms with E-state index in [1.807, 2.05) is 23.1 Å². The molecule has 2 aliphatic rings. The number of hydrogen-bond acceptors (Lipinski definition) is 5. The molecule has 1 aromatic heterocycles. The molecule has 3 heterocycles. The van der Waals surface area contributed by atoms with Crippen molar-refractivity contribution in [2.75, 3.05) is 13.1 Å².